The monoisotopic (exact) mass is 523 g/mol. The van der Waals surface area contributed by atoms with Crippen molar-refractivity contribution in [2.45, 2.75) is 56.9 Å². The van der Waals surface area contributed by atoms with Crippen molar-refractivity contribution < 1.29 is 17.5 Å². The second-order valence-corrected chi connectivity index (χ2v) is 12.1. The van der Waals surface area contributed by atoms with Gasteiger partial charge in [-0.2, -0.15) is 0 Å². The number of hydrogen-bond acceptors (Lipinski definition) is 4. The number of sulfone groups is 1. The van der Waals surface area contributed by atoms with Gasteiger partial charge in [-0.25, -0.2) is 12.8 Å². The number of rotatable bonds is 9. The molecule has 4 rings (SSSR count). The van der Waals surface area contributed by atoms with Crippen molar-refractivity contribution in [1.82, 2.24) is 5.32 Å². The van der Waals surface area contributed by atoms with Crippen LogP contribution in [0.25, 0.3) is 0 Å². The van der Waals surface area contributed by atoms with Crippen molar-refractivity contribution in [3.63, 3.8) is 0 Å². The average molecular weight is 524 g/mol. The molecule has 2 aliphatic rings. The van der Waals surface area contributed by atoms with E-state index in [0.29, 0.717) is 19.4 Å². The maximum absolute atomic E-state index is 13.6. The third-order valence-corrected chi connectivity index (χ3v) is 9.49. The molecule has 2 aromatic carbocycles. The molecule has 0 amide bonds. The van der Waals surface area contributed by atoms with E-state index in [1.165, 1.54) is 16.7 Å². The molecule has 32 heavy (non-hydrogen) atoms. The zero-order valence-electron chi connectivity index (χ0n) is 18.5. The minimum atomic E-state index is -2.99. The van der Waals surface area contributed by atoms with Crippen LogP contribution in [0.1, 0.15) is 61.8 Å². The summed E-state index contributed by atoms with van der Waals surface area (Å²) in [4.78, 5) is 0. The summed E-state index contributed by atoms with van der Waals surface area (Å²) in [5.74, 6) is 0.937. The number of hydrogen-bond donors (Lipinski definition) is 1. The van der Waals surface area contributed by atoms with E-state index < -0.39 is 9.84 Å². The molecule has 7 heteroatoms. The van der Waals surface area contributed by atoms with Crippen LogP contribution in [0.2, 0.25) is 0 Å². The molecule has 4 nitrogen and oxygen atoms in total. The van der Waals surface area contributed by atoms with Gasteiger partial charge in [0.05, 0.1) is 12.4 Å². The van der Waals surface area contributed by atoms with Crippen LogP contribution in [0.4, 0.5) is 4.39 Å². The molecule has 1 N–H and O–H groups in total. The predicted octanol–water partition coefficient (Wildman–Crippen LogP) is 5.49. The Bertz CT molecular complexity index is 1050. The summed E-state index contributed by atoms with van der Waals surface area (Å²) in [6.45, 7) is 3.15. The van der Waals surface area contributed by atoms with E-state index in [1.807, 2.05) is 25.1 Å². The van der Waals surface area contributed by atoms with Gasteiger partial charge < -0.3 is 10.1 Å². The van der Waals surface area contributed by atoms with Crippen molar-refractivity contribution >= 4 is 25.8 Å². The summed E-state index contributed by atoms with van der Waals surface area (Å²) in [6, 6.07) is 11.2. The molecule has 1 atom stereocenters. The quantitative estimate of drug-likeness (QED) is 0.441. The Balaban J connectivity index is 1.55. The Morgan fingerprint density at radius 2 is 1.94 bits per heavy atom. The first kappa shape index (κ1) is 23.7. The molecule has 0 aromatic heterocycles. The molecule has 1 aliphatic heterocycles. The standard InChI is InChI=1S/C25H31BrFNO3S/c1-2-14-32(29,30)15-4-13-31-20-16-22-21(23(26)17-20)9-12-28-24(22)25(10-3-11-25)18-5-7-19(27)8-6-18/h5-8,16-17,24,28H,2-4,9-15H2,1H3. The fourth-order valence-electron chi connectivity index (χ4n) is 5.15. The van der Waals surface area contributed by atoms with Gasteiger partial charge >= 0.3 is 0 Å². The Labute approximate surface area is 199 Å². The highest BCUT2D eigenvalue weighted by Gasteiger charge is 2.47. The van der Waals surface area contributed by atoms with E-state index >= 15 is 0 Å². The molecule has 1 heterocycles. The Morgan fingerprint density at radius 3 is 2.59 bits per heavy atom. The van der Waals surface area contributed by atoms with Crippen LogP contribution >= 0.6 is 15.9 Å². The van der Waals surface area contributed by atoms with Gasteiger partial charge in [-0.3, -0.25) is 0 Å². The number of fused-ring (bicyclic) bond motifs is 1. The van der Waals surface area contributed by atoms with E-state index in [4.69, 9.17) is 4.74 Å². The van der Waals surface area contributed by atoms with E-state index in [1.54, 1.807) is 12.1 Å². The van der Waals surface area contributed by atoms with Gasteiger partial charge in [-0.15, -0.1) is 0 Å². The molecule has 0 bridgehead atoms. The van der Waals surface area contributed by atoms with Gasteiger partial charge in [0.15, 0.2) is 0 Å². The van der Waals surface area contributed by atoms with Gasteiger partial charge in [0.1, 0.15) is 21.4 Å². The smallest absolute Gasteiger partial charge is 0.150 e. The molecule has 0 spiro atoms. The van der Waals surface area contributed by atoms with E-state index in [9.17, 15) is 12.8 Å². The number of benzene rings is 2. The van der Waals surface area contributed by atoms with Crippen LogP contribution in [0.5, 0.6) is 5.75 Å². The third-order valence-electron chi connectivity index (χ3n) is 6.84. The molecule has 0 radical (unpaired) electrons. The number of halogens is 2. The first-order valence-electron chi connectivity index (χ1n) is 11.5. The fraction of sp³-hybridized carbons (Fsp3) is 0.520. The minimum absolute atomic E-state index is 0.0465. The molecule has 1 unspecified atom stereocenters. The number of nitrogens with one attached hydrogen (secondary N) is 1. The maximum atomic E-state index is 13.6. The van der Waals surface area contributed by atoms with Gasteiger partial charge in [0.25, 0.3) is 0 Å². The van der Waals surface area contributed by atoms with Gasteiger partial charge in [-0.1, -0.05) is 41.4 Å². The maximum Gasteiger partial charge on any atom is 0.150 e. The lowest BCUT2D eigenvalue weighted by molar-refractivity contribution is 0.164. The first-order valence-corrected chi connectivity index (χ1v) is 14.1. The SMILES string of the molecule is CCCS(=O)(=O)CCCOc1cc(Br)c2c(c1)C(C1(c3ccc(F)cc3)CCC1)NCC2. The second kappa shape index (κ2) is 9.82. The molecule has 1 fully saturated rings. The highest BCUT2D eigenvalue weighted by molar-refractivity contribution is 9.10. The molecule has 1 aliphatic carbocycles. The van der Waals surface area contributed by atoms with Crippen LogP contribution in [0, 0.1) is 5.82 Å². The van der Waals surface area contributed by atoms with Crippen molar-refractivity contribution in [3.05, 3.63) is 63.4 Å². The van der Waals surface area contributed by atoms with Gasteiger partial charge in [-0.05, 0) is 79.6 Å². The fourth-order valence-corrected chi connectivity index (χ4v) is 7.18. The normalized spacial score (nSPS) is 19.8. The Morgan fingerprint density at radius 1 is 1.19 bits per heavy atom. The van der Waals surface area contributed by atoms with Gasteiger partial charge in [0, 0.05) is 21.7 Å². The average Bonchev–Trinajstić information content (AvgIpc) is 2.72. The van der Waals surface area contributed by atoms with Crippen LogP contribution in [-0.2, 0) is 21.7 Å². The van der Waals surface area contributed by atoms with Gasteiger partial charge in [0.2, 0.25) is 0 Å². The van der Waals surface area contributed by atoms with Crippen molar-refractivity contribution in [1.29, 1.82) is 0 Å². The first-order chi connectivity index (χ1) is 15.3. The minimum Gasteiger partial charge on any atom is -0.494 e. The molecule has 0 saturated heterocycles. The highest BCUT2D eigenvalue weighted by Crippen LogP contribution is 2.54. The summed E-state index contributed by atoms with van der Waals surface area (Å²) < 4.78 is 44.5. The van der Waals surface area contributed by atoms with Crippen LogP contribution < -0.4 is 10.1 Å². The topological polar surface area (TPSA) is 55.4 Å². The summed E-state index contributed by atoms with van der Waals surface area (Å²) in [6.07, 6.45) is 5.35. The lowest BCUT2D eigenvalue weighted by Gasteiger charge is -2.50. The third kappa shape index (κ3) is 4.90. The van der Waals surface area contributed by atoms with Crippen LogP contribution in [-0.4, -0.2) is 33.1 Å². The summed E-state index contributed by atoms with van der Waals surface area (Å²) in [5, 5.41) is 3.74. The largest absolute Gasteiger partial charge is 0.494 e. The zero-order valence-corrected chi connectivity index (χ0v) is 20.9. The molecule has 1 saturated carbocycles. The zero-order chi connectivity index (χ0) is 22.8. The van der Waals surface area contributed by atoms with Crippen LogP contribution in [0.15, 0.2) is 40.9 Å². The lowest BCUT2D eigenvalue weighted by Crippen LogP contribution is -2.49. The number of ether oxygens (including phenoxy) is 1. The molecule has 2 aromatic rings. The van der Waals surface area contributed by atoms with Crippen molar-refractivity contribution in [2.75, 3.05) is 24.7 Å². The summed E-state index contributed by atoms with van der Waals surface area (Å²) in [5.41, 5.74) is 3.65. The Hall–Kier alpha value is -1.44. The molecular weight excluding hydrogens is 493 g/mol. The van der Waals surface area contributed by atoms with Crippen LogP contribution in [0.3, 0.4) is 0 Å². The van der Waals surface area contributed by atoms with E-state index in [2.05, 4.69) is 27.3 Å². The van der Waals surface area contributed by atoms with E-state index in [0.717, 1.165) is 42.5 Å². The molecule has 174 valence electrons. The molecular formula is C25H31BrFNO3S. The summed E-state index contributed by atoms with van der Waals surface area (Å²) >= 11 is 3.74. The van der Waals surface area contributed by atoms with Crippen molar-refractivity contribution in [2.24, 2.45) is 0 Å². The lowest BCUT2D eigenvalue weighted by atomic mass is 9.58. The van der Waals surface area contributed by atoms with E-state index in [-0.39, 0.29) is 28.8 Å². The summed E-state index contributed by atoms with van der Waals surface area (Å²) in [7, 11) is -2.99. The van der Waals surface area contributed by atoms with Crippen molar-refractivity contribution in [3.8, 4) is 5.75 Å². The predicted molar refractivity (Wildman–Crippen MR) is 130 cm³/mol. The Kier molecular flexibility index (Phi) is 7.27. The second-order valence-electron chi connectivity index (χ2n) is 8.98. The highest BCUT2D eigenvalue weighted by atomic mass is 79.9.